The summed E-state index contributed by atoms with van der Waals surface area (Å²) in [5, 5.41) is 9.34. The van der Waals surface area contributed by atoms with Gasteiger partial charge < -0.3 is 25.4 Å². The molecule has 0 aromatic carbocycles. The van der Waals surface area contributed by atoms with Crippen LogP contribution in [0.1, 0.15) is 47.0 Å². The van der Waals surface area contributed by atoms with Crippen LogP contribution in [0.4, 0.5) is 4.79 Å². The van der Waals surface area contributed by atoms with E-state index in [-0.39, 0.29) is 36.1 Å². The summed E-state index contributed by atoms with van der Waals surface area (Å²) in [6, 6.07) is -0.00706. The van der Waals surface area contributed by atoms with Gasteiger partial charge in [0.1, 0.15) is 5.60 Å². The normalized spacial score (nSPS) is 12.8. The van der Waals surface area contributed by atoms with Gasteiger partial charge in [-0.25, -0.2) is 4.79 Å². The van der Waals surface area contributed by atoms with E-state index in [2.05, 4.69) is 27.9 Å². The summed E-state index contributed by atoms with van der Waals surface area (Å²) < 4.78 is 10.3. The van der Waals surface area contributed by atoms with Crippen LogP contribution in [0.3, 0.4) is 0 Å². The van der Waals surface area contributed by atoms with E-state index in [4.69, 9.17) is 9.47 Å². The summed E-state index contributed by atoms with van der Waals surface area (Å²) in [6.45, 7) is 9.73. The predicted molar refractivity (Wildman–Crippen MR) is 109 cm³/mol. The molecule has 1 unspecified atom stereocenters. The minimum absolute atomic E-state index is 0. The van der Waals surface area contributed by atoms with Crippen molar-refractivity contribution in [2.24, 2.45) is 4.99 Å². The highest BCUT2D eigenvalue weighted by molar-refractivity contribution is 14.0. The highest BCUT2D eigenvalue weighted by Crippen LogP contribution is 2.07. The summed E-state index contributed by atoms with van der Waals surface area (Å²) in [6.07, 6.45) is 2.36. The van der Waals surface area contributed by atoms with Crippen molar-refractivity contribution in [3.05, 3.63) is 0 Å². The summed E-state index contributed by atoms with van der Waals surface area (Å²) >= 11 is 0. The largest absolute Gasteiger partial charge is 0.444 e. The molecule has 144 valence electrons. The van der Waals surface area contributed by atoms with Crippen molar-refractivity contribution in [1.29, 1.82) is 0 Å². The minimum Gasteiger partial charge on any atom is -0.444 e. The van der Waals surface area contributed by atoms with Crippen molar-refractivity contribution in [3.63, 3.8) is 0 Å². The lowest BCUT2D eigenvalue weighted by Crippen LogP contribution is -2.48. The van der Waals surface area contributed by atoms with Gasteiger partial charge in [-0.1, -0.05) is 13.3 Å². The maximum absolute atomic E-state index is 11.9. The molecule has 24 heavy (non-hydrogen) atoms. The molecule has 0 rings (SSSR count). The van der Waals surface area contributed by atoms with Gasteiger partial charge in [-0.15, -0.1) is 24.0 Å². The number of carbonyl (C=O) groups excluding carboxylic acids is 1. The Kier molecular flexibility index (Phi) is 15.5. The summed E-state index contributed by atoms with van der Waals surface area (Å²) in [5.41, 5.74) is -0.493. The van der Waals surface area contributed by atoms with Gasteiger partial charge in [-0.2, -0.15) is 0 Å². The lowest BCUT2D eigenvalue weighted by atomic mass is 10.1. The number of nitrogens with zero attached hydrogens (tertiary/aromatic N) is 1. The quantitative estimate of drug-likeness (QED) is 0.214. The fourth-order valence-corrected chi connectivity index (χ4v) is 1.91. The van der Waals surface area contributed by atoms with Gasteiger partial charge in [0.2, 0.25) is 0 Å². The monoisotopic (exact) mass is 458 g/mol. The number of methoxy groups -OCH3 is 1. The molecule has 1 atom stereocenters. The van der Waals surface area contributed by atoms with E-state index < -0.39 is 5.60 Å². The van der Waals surface area contributed by atoms with Crippen LogP contribution in [0.5, 0.6) is 0 Å². The molecule has 0 saturated carbocycles. The van der Waals surface area contributed by atoms with Crippen molar-refractivity contribution >= 4 is 36.0 Å². The number of alkyl carbamates (subject to hydrolysis) is 1. The molecule has 0 aromatic heterocycles. The highest BCUT2D eigenvalue weighted by atomic mass is 127. The molecule has 0 saturated heterocycles. The molecule has 0 aromatic rings. The second-order valence-corrected chi connectivity index (χ2v) is 6.36. The van der Waals surface area contributed by atoms with Crippen molar-refractivity contribution in [1.82, 2.24) is 16.0 Å². The Morgan fingerprint density at radius 2 is 1.92 bits per heavy atom. The molecule has 3 N–H and O–H groups in total. The number of ether oxygens (including phenoxy) is 2. The van der Waals surface area contributed by atoms with E-state index in [1.165, 1.54) is 0 Å². The average molecular weight is 458 g/mol. The number of carbonyl (C=O) groups is 1. The molecule has 0 aliphatic carbocycles. The molecular formula is C16H35IN4O3. The van der Waals surface area contributed by atoms with Gasteiger partial charge in [0.25, 0.3) is 0 Å². The van der Waals surface area contributed by atoms with Crippen molar-refractivity contribution < 1.29 is 14.3 Å². The zero-order chi connectivity index (χ0) is 17.7. The lowest BCUT2D eigenvalue weighted by molar-refractivity contribution is 0.0502. The first-order valence-electron chi connectivity index (χ1n) is 8.25. The van der Waals surface area contributed by atoms with E-state index >= 15 is 0 Å². The number of guanidine groups is 1. The number of amides is 1. The third kappa shape index (κ3) is 14.8. The van der Waals surface area contributed by atoms with Gasteiger partial charge in [-0.3, -0.25) is 4.99 Å². The second kappa shape index (κ2) is 14.6. The van der Waals surface area contributed by atoms with Crippen LogP contribution in [0.15, 0.2) is 4.99 Å². The van der Waals surface area contributed by atoms with Crippen LogP contribution < -0.4 is 16.0 Å². The van der Waals surface area contributed by atoms with Crippen molar-refractivity contribution in [2.45, 2.75) is 58.6 Å². The molecule has 1 amide bonds. The molecular weight excluding hydrogens is 423 g/mol. The summed E-state index contributed by atoms with van der Waals surface area (Å²) in [5.74, 6) is 0.716. The van der Waals surface area contributed by atoms with Crippen LogP contribution in [-0.4, -0.2) is 57.5 Å². The number of aliphatic imine (C=N–C) groups is 1. The molecule has 8 heteroatoms. The SMILES string of the molecule is CCCC(CNC(=NC)NCCCOC)NC(=O)OC(C)(C)C.I. The van der Waals surface area contributed by atoms with Crippen LogP contribution >= 0.6 is 24.0 Å². The zero-order valence-corrected chi connectivity index (χ0v) is 18.2. The third-order valence-electron chi connectivity index (χ3n) is 2.92. The highest BCUT2D eigenvalue weighted by Gasteiger charge is 2.19. The van der Waals surface area contributed by atoms with Crippen molar-refractivity contribution in [2.75, 3.05) is 33.9 Å². The van der Waals surface area contributed by atoms with Gasteiger partial charge in [0, 0.05) is 39.9 Å². The molecule has 0 fully saturated rings. The van der Waals surface area contributed by atoms with Crippen LogP contribution in [0.2, 0.25) is 0 Å². The number of halogens is 1. The lowest BCUT2D eigenvalue weighted by Gasteiger charge is -2.24. The summed E-state index contributed by atoms with van der Waals surface area (Å²) in [4.78, 5) is 16.0. The molecule has 0 aliphatic rings. The van der Waals surface area contributed by atoms with Gasteiger partial charge >= 0.3 is 6.09 Å². The fourth-order valence-electron chi connectivity index (χ4n) is 1.91. The Labute approximate surface area is 163 Å². The fraction of sp³-hybridized carbons (Fsp3) is 0.875. The Morgan fingerprint density at radius 1 is 1.25 bits per heavy atom. The number of nitrogens with one attached hydrogen (secondary N) is 3. The third-order valence-corrected chi connectivity index (χ3v) is 2.92. The predicted octanol–water partition coefficient (Wildman–Crippen LogP) is 2.50. The average Bonchev–Trinajstić information content (AvgIpc) is 2.44. The van der Waals surface area contributed by atoms with Gasteiger partial charge in [0.05, 0.1) is 0 Å². The number of rotatable bonds is 9. The Morgan fingerprint density at radius 3 is 2.42 bits per heavy atom. The second-order valence-electron chi connectivity index (χ2n) is 6.36. The van der Waals surface area contributed by atoms with E-state index in [1.54, 1.807) is 14.2 Å². The molecule has 7 nitrogen and oxygen atoms in total. The molecule has 0 heterocycles. The first-order valence-corrected chi connectivity index (χ1v) is 8.25. The number of hydrogen-bond donors (Lipinski definition) is 3. The number of hydrogen-bond acceptors (Lipinski definition) is 4. The van der Waals surface area contributed by atoms with Gasteiger partial charge in [0.15, 0.2) is 5.96 Å². The van der Waals surface area contributed by atoms with Crippen LogP contribution in [0.25, 0.3) is 0 Å². The van der Waals surface area contributed by atoms with E-state index in [9.17, 15) is 4.79 Å². The molecule has 0 radical (unpaired) electrons. The Balaban J connectivity index is 0. The first kappa shape index (κ1) is 25.5. The molecule has 0 spiro atoms. The Hall–Kier alpha value is -0.770. The summed E-state index contributed by atoms with van der Waals surface area (Å²) in [7, 11) is 3.41. The maximum Gasteiger partial charge on any atom is 0.407 e. The molecule has 0 bridgehead atoms. The van der Waals surface area contributed by atoms with E-state index in [0.717, 1.165) is 25.8 Å². The maximum atomic E-state index is 11.9. The van der Waals surface area contributed by atoms with Crippen molar-refractivity contribution in [3.8, 4) is 0 Å². The minimum atomic E-state index is -0.493. The van der Waals surface area contributed by atoms with Crippen LogP contribution in [0, 0.1) is 0 Å². The van der Waals surface area contributed by atoms with E-state index in [0.29, 0.717) is 19.1 Å². The van der Waals surface area contributed by atoms with Crippen LogP contribution in [-0.2, 0) is 9.47 Å². The van der Waals surface area contributed by atoms with E-state index in [1.807, 2.05) is 20.8 Å². The van der Waals surface area contributed by atoms with Gasteiger partial charge in [-0.05, 0) is 33.6 Å². The smallest absolute Gasteiger partial charge is 0.407 e. The standard InChI is InChI=1S/C16H34N4O3.HI/c1-7-9-13(20-15(21)23-16(2,3)4)12-19-14(17-5)18-10-8-11-22-6;/h13H,7-12H2,1-6H3,(H,20,21)(H2,17,18,19);1H. The first-order chi connectivity index (χ1) is 10.8. The Bertz CT molecular complexity index is 360. The topological polar surface area (TPSA) is 84.0 Å². The molecule has 0 aliphatic heterocycles. The zero-order valence-electron chi connectivity index (χ0n) is 15.9.